The molecule has 3 aromatic rings. The summed E-state index contributed by atoms with van der Waals surface area (Å²) in [6, 6.07) is 7.34. The average molecular weight is 377 g/mol. The lowest BCUT2D eigenvalue weighted by molar-refractivity contribution is 0.0531. The summed E-state index contributed by atoms with van der Waals surface area (Å²) in [7, 11) is 0. The van der Waals surface area contributed by atoms with Crippen molar-refractivity contribution in [1.82, 2.24) is 9.55 Å². The number of aryl methyl sites for hydroxylation is 2. The van der Waals surface area contributed by atoms with Gasteiger partial charge in [-0.2, -0.15) is 0 Å². The lowest BCUT2D eigenvalue weighted by Gasteiger charge is -2.10. The highest BCUT2D eigenvalue weighted by Gasteiger charge is 2.21. The van der Waals surface area contributed by atoms with Crippen LogP contribution in [0.2, 0.25) is 5.02 Å². The van der Waals surface area contributed by atoms with Gasteiger partial charge in [0.1, 0.15) is 15.5 Å². The molecule has 0 aliphatic carbocycles. The number of hydrogen-bond acceptors (Lipinski definition) is 5. The van der Waals surface area contributed by atoms with Crippen LogP contribution in [0.4, 0.5) is 0 Å². The van der Waals surface area contributed by atoms with Crippen LogP contribution in [0.15, 0.2) is 29.1 Å². The summed E-state index contributed by atoms with van der Waals surface area (Å²) in [5, 5.41) is 1.13. The van der Waals surface area contributed by atoms with E-state index in [0.29, 0.717) is 44.7 Å². The molecule has 0 amide bonds. The molecule has 0 fully saturated rings. The molecule has 0 radical (unpaired) electrons. The standard InChI is InChI=1S/C18H17ClN2O3S/c1-4-24-18(23)15-10(2)14-16(25-15)20-11(3)21(17(14)22)9-12-5-7-13(19)8-6-12/h5-8H,4,9H2,1-3H3. The van der Waals surface area contributed by atoms with E-state index in [0.717, 1.165) is 5.56 Å². The van der Waals surface area contributed by atoms with Gasteiger partial charge in [-0.05, 0) is 44.0 Å². The van der Waals surface area contributed by atoms with Crippen molar-refractivity contribution in [2.45, 2.75) is 27.3 Å². The minimum atomic E-state index is -0.413. The second-order valence-corrected chi connectivity index (χ2v) is 7.07. The summed E-state index contributed by atoms with van der Waals surface area (Å²) in [6.07, 6.45) is 0. The maximum atomic E-state index is 13.0. The molecule has 0 unspecified atom stereocenters. The van der Waals surface area contributed by atoms with Gasteiger partial charge in [-0.25, -0.2) is 9.78 Å². The van der Waals surface area contributed by atoms with Gasteiger partial charge in [0, 0.05) is 5.02 Å². The fourth-order valence-corrected chi connectivity index (χ4v) is 3.90. The molecule has 1 aromatic carbocycles. The molecule has 0 aliphatic heterocycles. The van der Waals surface area contributed by atoms with E-state index in [4.69, 9.17) is 16.3 Å². The number of ether oxygens (including phenoxy) is 1. The smallest absolute Gasteiger partial charge is 0.348 e. The number of rotatable bonds is 4. The molecule has 0 saturated carbocycles. The molecule has 0 saturated heterocycles. The fourth-order valence-electron chi connectivity index (χ4n) is 2.67. The Morgan fingerprint density at radius 3 is 2.60 bits per heavy atom. The van der Waals surface area contributed by atoms with Gasteiger partial charge in [-0.15, -0.1) is 11.3 Å². The van der Waals surface area contributed by atoms with Gasteiger partial charge in [0.2, 0.25) is 0 Å². The molecule has 0 aliphatic rings. The van der Waals surface area contributed by atoms with Crippen LogP contribution in [0.1, 0.15) is 33.5 Å². The summed E-state index contributed by atoms with van der Waals surface area (Å²) in [5.41, 5.74) is 1.43. The molecular formula is C18H17ClN2O3S. The zero-order valence-corrected chi connectivity index (χ0v) is 15.7. The zero-order chi connectivity index (χ0) is 18.1. The first kappa shape index (κ1) is 17.6. The second-order valence-electron chi connectivity index (χ2n) is 5.63. The number of nitrogens with zero attached hydrogens (tertiary/aromatic N) is 2. The fraction of sp³-hybridized carbons (Fsp3) is 0.278. The Bertz CT molecular complexity index is 1010. The molecule has 0 bridgehead atoms. The van der Waals surface area contributed by atoms with Gasteiger partial charge in [-0.3, -0.25) is 9.36 Å². The number of esters is 1. The van der Waals surface area contributed by atoms with Crippen molar-refractivity contribution < 1.29 is 9.53 Å². The first-order valence-corrected chi connectivity index (χ1v) is 9.04. The van der Waals surface area contributed by atoms with Crippen molar-refractivity contribution in [3.05, 3.63) is 61.5 Å². The Morgan fingerprint density at radius 2 is 1.96 bits per heavy atom. The Balaban J connectivity index is 2.11. The van der Waals surface area contributed by atoms with E-state index in [2.05, 4.69) is 4.98 Å². The van der Waals surface area contributed by atoms with Crippen LogP contribution in [0.25, 0.3) is 10.2 Å². The minimum absolute atomic E-state index is 0.151. The number of thiophene rings is 1. The molecule has 2 heterocycles. The van der Waals surface area contributed by atoms with Gasteiger partial charge < -0.3 is 4.74 Å². The quantitative estimate of drug-likeness (QED) is 0.647. The molecule has 0 N–H and O–H groups in total. The Kier molecular flexibility index (Phi) is 4.92. The number of hydrogen-bond donors (Lipinski definition) is 0. The second kappa shape index (κ2) is 6.98. The zero-order valence-electron chi connectivity index (χ0n) is 14.1. The van der Waals surface area contributed by atoms with Crippen LogP contribution in [-0.4, -0.2) is 22.1 Å². The van der Waals surface area contributed by atoms with Crippen molar-refractivity contribution in [2.24, 2.45) is 0 Å². The molecule has 7 heteroatoms. The van der Waals surface area contributed by atoms with E-state index >= 15 is 0 Å². The van der Waals surface area contributed by atoms with Gasteiger partial charge in [0.25, 0.3) is 5.56 Å². The minimum Gasteiger partial charge on any atom is -0.462 e. The Labute approximate surface area is 153 Å². The van der Waals surface area contributed by atoms with Gasteiger partial charge in [-0.1, -0.05) is 23.7 Å². The number of fused-ring (bicyclic) bond motifs is 1. The topological polar surface area (TPSA) is 61.2 Å². The highest BCUT2D eigenvalue weighted by atomic mass is 35.5. The van der Waals surface area contributed by atoms with Crippen molar-refractivity contribution in [2.75, 3.05) is 6.61 Å². The number of halogens is 1. The molecular weight excluding hydrogens is 360 g/mol. The number of aromatic nitrogens is 2. The maximum Gasteiger partial charge on any atom is 0.348 e. The third kappa shape index (κ3) is 3.32. The van der Waals surface area contributed by atoms with E-state index in [1.807, 2.05) is 12.1 Å². The van der Waals surface area contributed by atoms with Crippen LogP contribution >= 0.6 is 22.9 Å². The van der Waals surface area contributed by atoms with Gasteiger partial charge in [0.05, 0.1) is 18.5 Å². The molecule has 130 valence electrons. The Morgan fingerprint density at radius 1 is 1.28 bits per heavy atom. The van der Waals surface area contributed by atoms with E-state index in [1.165, 1.54) is 11.3 Å². The molecule has 5 nitrogen and oxygen atoms in total. The van der Waals surface area contributed by atoms with Crippen LogP contribution < -0.4 is 5.56 Å². The van der Waals surface area contributed by atoms with Crippen molar-refractivity contribution >= 4 is 39.1 Å². The molecule has 0 atom stereocenters. The van der Waals surface area contributed by atoms with E-state index in [1.54, 1.807) is 37.5 Å². The normalized spacial score (nSPS) is 11.0. The first-order chi connectivity index (χ1) is 11.9. The highest BCUT2D eigenvalue weighted by Crippen LogP contribution is 2.28. The van der Waals surface area contributed by atoms with Crippen molar-refractivity contribution in [1.29, 1.82) is 0 Å². The molecule has 0 spiro atoms. The van der Waals surface area contributed by atoms with Gasteiger partial charge in [0.15, 0.2) is 0 Å². The van der Waals surface area contributed by atoms with E-state index < -0.39 is 5.97 Å². The summed E-state index contributed by atoms with van der Waals surface area (Å²) in [4.78, 5) is 30.6. The first-order valence-electron chi connectivity index (χ1n) is 7.84. The summed E-state index contributed by atoms with van der Waals surface area (Å²) in [6.45, 7) is 5.99. The predicted octanol–water partition coefficient (Wildman–Crippen LogP) is 3.95. The average Bonchev–Trinajstić information content (AvgIpc) is 2.90. The van der Waals surface area contributed by atoms with Crippen molar-refractivity contribution in [3.63, 3.8) is 0 Å². The molecule has 2 aromatic heterocycles. The monoisotopic (exact) mass is 376 g/mol. The molecule has 25 heavy (non-hydrogen) atoms. The van der Waals surface area contributed by atoms with Crippen LogP contribution in [0.5, 0.6) is 0 Å². The van der Waals surface area contributed by atoms with E-state index in [9.17, 15) is 9.59 Å². The third-order valence-corrected chi connectivity index (χ3v) is 5.37. The van der Waals surface area contributed by atoms with Crippen LogP contribution in [0, 0.1) is 13.8 Å². The maximum absolute atomic E-state index is 13.0. The lowest BCUT2D eigenvalue weighted by Crippen LogP contribution is -2.24. The SMILES string of the molecule is CCOC(=O)c1sc2nc(C)n(Cc3ccc(Cl)cc3)c(=O)c2c1C. The van der Waals surface area contributed by atoms with Gasteiger partial charge >= 0.3 is 5.97 Å². The number of benzene rings is 1. The van der Waals surface area contributed by atoms with E-state index in [-0.39, 0.29) is 5.56 Å². The van der Waals surface area contributed by atoms with Crippen LogP contribution in [0.3, 0.4) is 0 Å². The predicted molar refractivity (Wildman–Crippen MR) is 99.9 cm³/mol. The Hall–Kier alpha value is -2.18. The largest absolute Gasteiger partial charge is 0.462 e. The van der Waals surface area contributed by atoms with Crippen molar-refractivity contribution in [3.8, 4) is 0 Å². The molecule has 3 rings (SSSR count). The highest BCUT2D eigenvalue weighted by molar-refractivity contribution is 7.20. The third-order valence-electron chi connectivity index (χ3n) is 3.96. The number of carbonyl (C=O) groups is 1. The summed E-state index contributed by atoms with van der Waals surface area (Å²) < 4.78 is 6.68. The summed E-state index contributed by atoms with van der Waals surface area (Å²) >= 11 is 7.11. The summed E-state index contributed by atoms with van der Waals surface area (Å²) in [5.74, 6) is 0.188. The van der Waals surface area contributed by atoms with Crippen LogP contribution in [-0.2, 0) is 11.3 Å². The number of carbonyl (C=O) groups excluding carboxylic acids is 1. The lowest BCUT2D eigenvalue weighted by atomic mass is 10.2.